The second-order valence-corrected chi connectivity index (χ2v) is 8.71. The molecule has 3 rings (SSSR count). The van der Waals surface area contributed by atoms with E-state index >= 15 is 0 Å². The first-order valence-corrected chi connectivity index (χ1v) is 12.7. The van der Waals surface area contributed by atoms with Crippen LogP contribution in [0.5, 0.6) is 0 Å². The first kappa shape index (κ1) is 24.2. The van der Waals surface area contributed by atoms with Crippen LogP contribution in [0.4, 0.5) is 0 Å². The molecule has 0 radical (unpaired) electrons. The predicted octanol–water partition coefficient (Wildman–Crippen LogP) is 7.74. The highest BCUT2D eigenvalue weighted by molar-refractivity contribution is 6.11. The molecule has 2 aromatic heterocycles. The maximum absolute atomic E-state index is 5.86. The van der Waals surface area contributed by atoms with Gasteiger partial charge in [0.2, 0.25) is 0 Å². The van der Waals surface area contributed by atoms with Crippen molar-refractivity contribution in [1.29, 1.82) is 0 Å². The lowest BCUT2D eigenvalue weighted by Gasteiger charge is -2.03. The van der Waals surface area contributed by atoms with Gasteiger partial charge in [0.1, 0.15) is 11.5 Å². The first-order chi connectivity index (χ1) is 15.7. The van der Waals surface area contributed by atoms with Crippen LogP contribution in [-0.4, -0.2) is 22.3 Å². The maximum Gasteiger partial charge on any atom is 0.147 e. The molecule has 0 saturated carbocycles. The summed E-state index contributed by atoms with van der Waals surface area (Å²) in [4.78, 5) is 11.7. The zero-order chi connectivity index (χ0) is 22.6. The van der Waals surface area contributed by atoms with Crippen LogP contribution < -0.4 is 0 Å². The fourth-order valence-corrected chi connectivity index (χ4v) is 4.37. The van der Waals surface area contributed by atoms with Crippen molar-refractivity contribution in [2.45, 2.75) is 91.4 Å². The molecule has 4 heteroatoms. The Morgan fingerprint density at radius 3 is 2.38 bits per heavy atom. The van der Waals surface area contributed by atoms with Crippen LogP contribution in [0.2, 0.25) is 0 Å². The van der Waals surface area contributed by atoms with Crippen LogP contribution in [0.25, 0.3) is 6.08 Å². The van der Waals surface area contributed by atoms with E-state index in [1.165, 1.54) is 69.0 Å². The summed E-state index contributed by atoms with van der Waals surface area (Å²) in [6.07, 6.45) is 20.6. The topological polar surface area (TPSA) is 53.2 Å². The molecular formula is C28H41N3O. The van der Waals surface area contributed by atoms with Crippen molar-refractivity contribution in [3.05, 3.63) is 64.6 Å². The molecule has 0 aromatic carbocycles. The Morgan fingerprint density at radius 1 is 0.969 bits per heavy atom. The van der Waals surface area contributed by atoms with Crippen molar-refractivity contribution in [2.75, 3.05) is 6.61 Å². The zero-order valence-corrected chi connectivity index (χ0v) is 20.3. The van der Waals surface area contributed by atoms with Gasteiger partial charge in [0, 0.05) is 23.7 Å². The number of hydrogen-bond donors (Lipinski definition) is 2. The second kappa shape index (κ2) is 13.1. The fraction of sp³-hybridized carbons (Fsp3) is 0.536. The quantitative estimate of drug-likeness (QED) is 0.276. The molecule has 1 aliphatic heterocycles. The number of aromatic nitrogens is 2. The van der Waals surface area contributed by atoms with Crippen molar-refractivity contribution < 1.29 is 4.74 Å². The first-order valence-electron chi connectivity index (χ1n) is 12.7. The van der Waals surface area contributed by atoms with Crippen molar-refractivity contribution in [1.82, 2.24) is 9.97 Å². The number of rotatable bonds is 15. The van der Waals surface area contributed by atoms with Gasteiger partial charge in [-0.3, -0.25) is 0 Å². The number of aromatic amines is 2. The number of nitrogens with one attached hydrogen (secondary N) is 2. The molecule has 0 spiro atoms. The molecule has 2 aromatic rings. The minimum absolute atomic E-state index is 0.630. The molecule has 0 unspecified atom stereocenters. The van der Waals surface area contributed by atoms with Gasteiger partial charge < -0.3 is 14.7 Å². The Morgan fingerprint density at radius 2 is 1.72 bits per heavy atom. The van der Waals surface area contributed by atoms with Gasteiger partial charge in [0.05, 0.1) is 18.0 Å². The van der Waals surface area contributed by atoms with E-state index < -0.39 is 0 Å². The van der Waals surface area contributed by atoms with E-state index in [-0.39, 0.29) is 0 Å². The summed E-state index contributed by atoms with van der Waals surface area (Å²) in [5.74, 6) is 0.838. The molecule has 0 atom stereocenters. The standard InChI is InChI=1S/C28H41N3O/c1-4-7-8-9-10-11-12-13-14-16-22-19-23(30-24(22)5-2)20-27-28(32-6-3)21-26(31-27)25-17-15-18-29-25/h15,17-21,29-30H,4-14,16H2,1-3H3. The Kier molecular flexibility index (Phi) is 9.93. The van der Waals surface area contributed by atoms with Crippen molar-refractivity contribution >= 4 is 11.8 Å². The fourth-order valence-electron chi connectivity index (χ4n) is 4.37. The number of allylic oxidation sites excluding steroid dienone is 1. The summed E-state index contributed by atoms with van der Waals surface area (Å²) in [5, 5.41) is 0. The Hall–Kier alpha value is -2.49. The molecule has 0 aliphatic carbocycles. The van der Waals surface area contributed by atoms with Gasteiger partial charge in [-0.15, -0.1) is 0 Å². The molecule has 3 heterocycles. The van der Waals surface area contributed by atoms with Crippen molar-refractivity contribution in [2.24, 2.45) is 4.99 Å². The van der Waals surface area contributed by atoms with E-state index in [9.17, 15) is 0 Å². The highest BCUT2D eigenvalue weighted by Gasteiger charge is 2.18. The predicted molar refractivity (Wildman–Crippen MR) is 136 cm³/mol. The van der Waals surface area contributed by atoms with Gasteiger partial charge in [0.15, 0.2) is 0 Å². The average molecular weight is 436 g/mol. The zero-order valence-electron chi connectivity index (χ0n) is 20.3. The molecule has 32 heavy (non-hydrogen) atoms. The van der Waals surface area contributed by atoms with Gasteiger partial charge >= 0.3 is 0 Å². The van der Waals surface area contributed by atoms with Crippen LogP contribution in [0.1, 0.15) is 101 Å². The number of nitrogens with zero attached hydrogens (tertiary/aromatic N) is 1. The number of aliphatic imine (C=N–C) groups is 1. The lowest BCUT2D eigenvalue weighted by Crippen LogP contribution is -1.94. The SMILES string of the molecule is CCCCCCCCCCCc1cc(C=C2N=C(c3ccc[nH]3)C=C2OCC)[nH]c1CC. The minimum Gasteiger partial charge on any atom is -0.492 e. The summed E-state index contributed by atoms with van der Waals surface area (Å²) in [5.41, 5.74) is 6.74. The number of hydrogen-bond acceptors (Lipinski definition) is 2. The lowest BCUT2D eigenvalue weighted by atomic mass is 10.0. The summed E-state index contributed by atoms with van der Waals surface area (Å²) < 4.78 is 5.86. The van der Waals surface area contributed by atoms with Crippen molar-refractivity contribution in [3.8, 4) is 0 Å². The van der Waals surface area contributed by atoms with Crippen LogP contribution in [0.3, 0.4) is 0 Å². The summed E-state index contributed by atoms with van der Waals surface area (Å²) in [7, 11) is 0. The normalized spacial score (nSPS) is 14.8. The number of unbranched alkanes of at least 4 members (excludes halogenated alkanes) is 8. The highest BCUT2D eigenvalue weighted by atomic mass is 16.5. The van der Waals surface area contributed by atoms with Gasteiger partial charge in [-0.1, -0.05) is 65.2 Å². The van der Waals surface area contributed by atoms with E-state index in [0.29, 0.717) is 6.61 Å². The number of ether oxygens (including phenoxy) is 1. The smallest absolute Gasteiger partial charge is 0.147 e. The second-order valence-electron chi connectivity index (χ2n) is 8.71. The van der Waals surface area contributed by atoms with Gasteiger partial charge in [-0.25, -0.2) is 4.99 Å². The van der Waals surface area contributed by atoms with Gasteiger partial charge in [-0.05, 0) is 56.0 Å². The number of aryl methyl sites for hydroxylation is 2. The van der Waals surface area contributed by atoms with Gasteiger partial charge in [-0.2, -0.15) is 0 Å². The third kappa shape index (κ3) is 7.01. The van der Waals surface area contributed by atoms with E-state index in [1.54, 1.807) is 0 Å². The third-order valence-electron chi connectivity index (χ3n) is 6.14. The van der Waals surface area contributed by atoms with Crippen LogP contribution >= 0.6 is 0 Å². The molecule has 0 bridgehead atoms. The molecule has 0 amide bonds. The van der Waals surface area contributed by atoms with Crippen LogP contribution in [0.15, 0.2) is 46.9 Å². The average Bonchev–Trinajstić information content (AvgIpc) is 3.54. The van der Waals surface area contributed by atoms with E-state index in [4.69, 9.17) is 9.73 Å². The Labute approximate surface area is 194 Å². The van der Waals surface area contributed by atoms with E-state index in [0.717, 1.165) is 41.4 Å². The summed E-state index contributed by atoms with van der Waals surface area (Å²) in [6.45, 7) is 7.15. The molecule has 1 aliphatic rings. The summed E-state index contributed by atoms with van der Waals surface area (Å²) in [6, 6.07) is 6.34. The molecule has 174 valence electrons. The maximum atomic E-state index is 5.86. The van der Waals surface area contributed by atoms with Crippen molar-refractivity contribution in [3.63, 3.8) is 0 Å². The van der Waals surface area contributed by atoms with Crippen LogP contribution in [-0.2, 0) is 17.6 Å². The summed E-state index contributed by atoms with van der Waals surface area (Å²) >= 11 is 0. The van der Waals surface area contributed by atoms with E-state index in [1.807, 2.05) is 31.3 Å². The molecular weight excluding hydrogens is 394 g/mol. The van der Waals surface area contributed by atoms with Gasteiger partial charge in [0.25, 0.3) is 0 Å². The molecule has 2 N–H and O–H groups in total. The van der Waals surface area contributed by atoms with E-state index in [2.05, 4.69) is 36.0 Å². The molecule has 4 nitrogen and oxygen atoms in total. The highest BCUT2D eigenvalue weighted by Crippen LogP contribution is 2.26. The molecule has 0 fully saturated rings. The lowest BCUT2D eigenvalue weighted by molar-refractivity contribution is 0.239. The minimum atomic E-state index is 0.630. The van der Waals surface area contributed by atoms with Crippen LogP contribution in [0, 0.1) is 0 Å². The third-order valence-corrected chi connectivity index (χ3v) is 6.14. The monoisotopic (exact) mass is 435 g/mol. The Bertz CT molecular complexity index is 899. The largest absolute Gasteiger partial charge is 0.492 e. The Balaban J connectivity index is 1.57. The molecule has 0 saturated heterocycles. The number of H-pyrrole nitrogens is 2.